The molecule has 1 saturated heterocycles. The number of fused-ring (bicyclic) bond motifs is 2. The van der Waals surface area contributed by atoms with E-state index < -0.39 is 29.3 Å². The number of ether oxygens (including phenoxy) is 1. The van der Waals surface area contributed by atoms with Crippen molar-refractivity contribution in [3.63, 3.8) is 0 Å². The Morgan fingerprint density at radius 1 is 1.28 bits per heavy atom. The molecule has 3 fully saturated rings. The fourth-order valence-corrected chi connectivity index (χ4v) is 5.71. The lowest BCUT2D eigenvalue weighted by atomic mass is 9.75. The molecule has 1 aliphatic heterocycles. The monoisotopic (exact) mass is 350 g/mol. The molecule has 2 saturated carbocycles. The van der Waals surface area contributed by atoms with Gasteiger partial charge in [0, 0.05) is 0 Å². The van der Waals surface area contributed by atoms with Gasteiger partial charge in [0.05, 0.1) is 24.7 Å². The summed E-state index contributed by atoms with van der Waals surface area (Å²) in [5.41, 5.74) is -1.76. The van der Waals surface area contributed by atoms with Crippen molar-refractivity contribution in [1.29, 1.82) is 0 Å². The van der Waals surface area contributed by atoms with Crippen LogP contribution in [0.2, 0.25) is 0 Å². The molecule has 5 nitrogen and oxygen atoms in total. The number of ketones is 1. The second-order valence-corrected chi connectivity index (χ2v) is 9.59. The third-order valence-corrected chi connectivity index (χ3v) is 7.73. The van der Waals surface area contributed by atoms with Crippen LogP contribution in [0.5, 0.6) is 0 Å². The zero-order chi connectivity index (χ0) is 18.4. The Bertz CT molecular complexity index is 634. The van der Waals surface area contributed by atoms with Gasteiger partial charge in [-0.05, 0) is 54.9 Å². The first kappa shape index (κ1) is 17.7. The molecule has 3 N–H and O–H groups in total. The molecule has 1 spiro atoms. The minimum Gasteiger partial charge on any atom is -0.392 e. The van der Waals surface area contributed by atoms with Crippen molar-refractivity contribution in [3.05, 3.63) is 11.6 Å². The lowest BCUT2D eigenvalue weighted by Crippen LogP contribution is -2.54. The van der Waals surface area contributed by atoms with Crippen LogP contribution in [0.1, 0.15) is 47.0 Å². The van der Waals surface area contributed by atoms with Gasteiger partial charge >= 0.3 is 0 Å². The molecule has 140 valence electrons. The van der Waals surface area contributed by atoms with Crippen molar-refractivity contribution in [3.8, 4) is 0 Å². The predicted octanol–water partition coefficient (Wildman–Crippen LogP) is 1.45. The molecule has 0 aromatic rings. The van der Waals surface area contributed by atoms with Gasteiger partial charge in [0.2, 0.25) is 0 Å². The zero-order valence-electron chi connectivity index (χ0n) is 15.5. The molecule has 3 aliphatic carbocycles. The number of Topliss-reactive ketones (excluding diaryl/α,β-unsaturated/α-hetero) is 1. The maximum atomic E-state index is 13.1. The molecule has 1 heterocycles. The Kier molecular flexibility index (Phi) is 3.64. The van der Waals surface area contributed by atoms with Gasteiger partial charge in [-0.3, -0.25) is 4.79 Å². The Labute approximate surface area is 149 Å². The quantitative estimate of drug-likeness (QED) is 0.575. The Morgan fingerprint density at radius 3 is 2.52 bits per heavy atom. The number of carbonyl (C=O) groups excluding carboxylic acids is 1. The van der Waals surface area contributed by atoms with Crippen molar-refractivity contribution >= 4 is 5.78 Å². The number of hydrogen-bond donors (Lipinski definition) is 3. The number of aliphatic hydroxyl groups is 3. The number of carbonyl (C=O) groups is 1. The summed E-state index contributed by atoms with van der Waals surface area (Å²) in [6, 6.07) is 0. The summed E-state index contributed by atoms with van der Waals surface area (Å²) in [5.74, 6) is -0.721. The normalized spacial score (nSPS) is 56.4. The third-order valence-electron chi connectivity index (χ3n) is 7.73. The highest BCUT2D eigenvalue weighted by atomic mass is 16.6. The minimum atomic E-state index is -1.73. The smallest absolute Gasteiger partial charge is 0.190 e. The molecule has 4 aliphatic rings. The Morgan fingerprint density at radius 2 is 1.92 bits per heavy atom. The van der Waals surface area contributed by atoms with Crippen molar-refractivity contribution in [1.82, 2.24) is 0 Å². The van der Waals surface area contributed by atoms with E-state index in [2.05, 4.69) is 13.8 Å². The fraction of sp³-hybridized carbons (Fsp3) is 0.850. The SMILES string of the molecule is C/C1=C/[C@@H]2[C@H](CC[C@]3(CO3)[C@H](O)[C@H]3[C@@H](O)[C@@H](C)C[C@]3(O)C1=O)C2(C)C. The molecular weight excluding hydrogens is 320 g/mol. The van der Waals surface area contributed by atoms with Crippen LogP contribution in [0, 0.1) is 29.1 Å². The zero-order valence-corrected chi connectivity index (χ0v) is 15.5. The maximum Gasteiger partial charge on any atom is 0.190 e. The number of allylic oxidation sites excluding steroid dienone is 1. The highest BCUT2D eigenvalue weighted by molar-refractivity contribution is 6.02. The van der Waals surface area contributed by atoms with Crippen molar-refractivity contribution in [2.45, 2.75) is 70.4 Å². The lowest BCUT2D eigenvalue weighted by molar-refractivity contribution is -0.150. The first-order valence-corrected chi connectivity index (χ1v) is 9.50. The Balaban J connectivity index is 1.78. The summed E-state index contributed by atoms with van der Waals surface area (Å²) in [5, 5.41) is 33.0. The van der Waals surface area contributed by atoms with Gasteiger partial charge in [0.25, 0.3) is 0 Å². The van der Waals surface area contributed by atoms with Crippen LogP contribution in [-0.4, -0.2) is 51.1 Å². The van der Waals surface area contributed by atoms with Crippen LogP contribution in [0.15, 0.2) is 11.6 Å². The molecule has 0 aromatic heterocycles. The topological polar surface area (TPSA) is 90.3 Å². The maximum absolute atomic E-state index is 13.1. The fourth-order valence-electron chi connectivity index (χ4n) is 5.71. The molecule has 25 heavy (non-hydrogen) atoms. The number of rotatable bonds is 0. The van der Waals surface area contributed by atoms with Gasteiger partial charge in [-0.2, -0.15) is 0 Å². The van der Waals surface area contributed by atoms with E-state index in [9.17, 15) is 20.1 Å². The highest BCUT2D eigenvalue weighted by Gasteiger charge is 2.66. The van der Waals surface area contributed by atoms with Gasteiger partial charge in [0.1, 0.15) is 11.2 Å². The van der Waals surface area contributed by atoms with Crippen LogP contribution >= 0.6 is 0 Å². The van der Waals surface area contributed by atoms with Crippen molar-refractivity contribution in [2.24, 2.45) is 29.1 Å². The summed E-state index contributed by atoms with van der Waals surface area (Å²) in [6.45, 7) is 8.42. The first-order valence-electron chi connectivity index (χ1n) is 9.50. The average molecular weight is 350 g/mol. The lowest BCUT2D eigenvalue weighted by Gasteiger charge is -2.36. The molecule has 5 heteroatoms. The van der Waals surface area contributed by atoms with Crippen LogP contribution in [0.3, 0.4) is 0 Å². The van der Waals surface area contributed by atoms with E-state index in [1.54, 1.807) is 6.92 Å². The van der Waals surface area contributed by atoms with Gasteiger partial charge in [-0.15, -0.1) is 0 Å². The van der Waals surface area contributed by atoms with Gasteiger partial charge in [-0.1, -0.05) is 26.8 Å². The van der Waals surface area contributed by atoms with Crippen LogP contribution in [-0.2, 0) is 9.53 Å². The van der Waals surface area contributed by atoms with Crippen LogP contribution in [0.4, 0.5) is 0 Å². The predicted molar refractivity (Wildman–Crippen MR) is 91.7 cm³/mol. The second kappa shape index (κ2) is 5.16. The Hall–Kier alpha value is -0.750. The summed E-state index contributed by atoms with van der Waals surface area (Å²) in [7, 11) is 0. The van der Waals surface area contributed by atoms with Gasteiger partial charge < -0.3 is 20.1 Å². The molecule has 4 rings (SSSR count). The van der Waals surface area contributed by atoms with E-state index >= 15 is 0 Å². The van der Waals surface area contributed by atoms with E-state index in [4.69, 9.17) is 4.74 Å². The average Bonchev–Trinajstić information content (AvgIpc) is 3.39. The second-order valence-electron chi connectivity index (χ2n) is 9.59. The van der Waals surface area contributed by atoms with E-state index in [1.165, 1.54) is 0 Å². The van der Waals surface area contributed by atoms with Crippen molar-refractivity contribution in [2.75, 3.05) is 6.61 Å². The van der Waals surface area contributed by atoms with E-state index in [0.29, 0.717) is 30.4 Å². The molecule has 8 atom stereocenters. The molecule has 0 aromatic carbocycles. The molecule has 0 bridgehead atoms. The van der Waals surface area contributed by atoms with E-state index in [1.807, 2.05) is 13.0 Å². The van der Waals surface area contributed by atoms with E-state index in [0.717, 1.165) is 6.42 Å². The minimum absolute atomic E-state index is 0.131. The molecular formula is C20H30O5. The standard InChI is InChI=1S/C20H30O5/c1-10-7-13-12(18(13,3)4)5-6-19(9-25-19)17(23)14-15(21)11(2)8-20(14,24)16(10)22/h7,11-15,17,21,23-24H,5-6,8-9H2,1-4H3/b10-7-/t11-,12-,13+,14+,15-,17+,19-,20+/m0/s1. The van der Waals surface area contributed by atoms with Gasteiger partial charge in [0.15, 0.2) is 5.78 Å². The van der Waals surface area contributed by atoms with Crippen LogP contribution < -0.4 is 0 Å². The number of aliphatic hydroxyl groups excluding tert-OH is 2. The third kappa shape index (κ3) is 2.32. The van der Waals surface area contributed by atoms with E-state index in [-0.39, 0.29) is 23.5 Å². The van der Waals surface area contributed by atoms with Crippen molar-refractivity contribution < 1.29 is 24.9 Å². The highest BCUT2D eigenvalue weighted by Crippen LogP contribution is 2.63. The molecule has 0 amide bonds. The molecule has 0 unspecified atom stereocenters. The summed E-state index contributed by atoms with van der Waals surface area (Å²) < 4.78 is 5.66. The summed E-state index contributed by atoms with van der Waals surface area (Å²) >= 11 is 0. The van der Waals surface area contributed by atoms with Gasteiger partial charge in [-0.25, -0.2) is 0 Å². The largest absolute Gasteiger partial charge is 0.392 e. The number of epoxide rings is 1. The van der Waals surface area contributed by atoms with Crippen LogP contribution in [0.25, 0.3) is 0 Å². The number of hydrogen-bond acceptors (Lipinski definition) is 5. The first-order chi connectivity index (χ1) is 11.5. The molecule has 0 radical (unpaired) electrons. The summed E-state index contributed by atoms with van der Waals surface area (Å²) in [6.07, 6.45) is 1.86. The summed E-state index contributed by atoms with van der Waals surface area (Å²) in [4.78, 5) is 13.1.